The van der Waals surface area contributed by atoms with Crippen LogP contribution < -0.4 is 4.74 Å². The van der Waals surface area contributed by atoms with Gasteiger partial charge in [0.15, 0.2) is 0 Å². The highest BCUT2D eigenvalue weighted by molar-refractivity contribution is 7.98. The van der Waals surface area contributed by atoms with Crippen LogP contribution in [0.1, 0.15) is 11.4 Å². The number of hydrogen-bond acceptors (Lipinski definition) is 5. The highest BCUT2D eigenvalue weighted by Crippen LogP contribution is 2.31. The van der Waals surface area contributed by atoms with Gasteiger partial charge in [-0.3, -0.25) is 9.97 Å². The summed E-state index contributed by atoms with van der Waals surface area (Å²) in [6.45, 7) is 0. The Labute approximate surface area is 181 Å². The normalized spacial score (nSPS) is 11.3. The van der Waals surface area contributed by atoms with Crippen LogP contribution in [0, 0.1) is 0 Å². The van der Waals surface area contributed by atoms with Crippen LogP contribution in [-0.4, -0.2) is 15.0 Å². The van der Waals surface area contributed by atoms with E-state index in [1.54, 1.807) is 24.5 Å². The van der Waals surface area contributed by atoms with Gasteiger partial charge >= 0.3 is 6.18 Å². The van der Waals surface area contributed by atoms with Crippen LogP contribution in [0.15, 0.2) is 90.2 Å². The minimum absolute atomic E-state index is 0.448. The molecule has 4 rings (SSSR count). The SMILES string of the molecule is FC(F)(F)c1cc(SCc2ccc(-c3ccc(Oc4ccccc4)nc3)cn2)ccn1. The second kappa shape index (κ2) is 9.18. The Morgan fingerprint density at radius 1 is 0.806 bits per heavy atom. The van der Waals surface area contributed by atoms with Gasteiger partial charge in [-0.2, -0.15) is 13.2 Å². The molecule has 31 heavy (non-hydrogen) atoms. The zero-order valence-electron chi connectivity index (χ0n) is 16.1. The first-order chi connectivity index (χ1) is 15.0. The molecule has 4 aromatic rings. The molecule has 0 fully saturated rings. The Bertz CT molecular complexity index is 1140. The summed E-state index contributed by atoms with van der Waals surface area (Å²) >= 11 is 1.28. The van der Waals surface area contributed by atoms with Crippen molar-refractivity contribution in [1.82, 2.24) is 15.0 Å². The minimum Gasteiger partial charge on any atom is -0.439 e. The monoisotopic (exact) mass is 439 g/mol. The molecule has 3 aromatic heterocycles. The molecule has 0 radical (unpaired) electrons. The fourth-order valence-electron chi connectivity index (χ4n) is 2.71. The van der Waals surface area contributed by atoms with E-state index in [-0.39, 0.29) is 0 Å². The van der Waals surface area contributed by atoms with Crippen molar-refractivity contribution < 1.29 is 17.9 Å². The molecule has 0 aliphatic heterocycles. The van der Waals surface area contributed by atoms with Gasteiger partial charge in [-0.05, 0) is 36.4 Å². The number of halogens is 3. The third-order valence-corrected chi connectivity index (χ3v) is 5.30. The van der Waals surface area contributed by atoms with Gasteiger partial charge in [-0.1, -0.05) is 24.3 Å². The van der Waals surface area contributed by atoms with E-state index in [2.05, 4.69) is 15.0 Å². The van der Waals surface area contributed by atoms with Crippen molar-refractivity contribution >= 4 is 11.8 Å². The lowest BCUT2D eigenvalue weighted by atomic mass is 10.1. The summed E-state index contributed by atoms with van der Waals surface area (Å²) in [5, 5.41) is 0. The van der Waals surface area contributed by atoms with Crippen LogP contribution in [0.25, 0.3) is 11.1 Å². The number of ether oxygens (including phenoxy) is 1. The second-order valence-corrected chi connectivity index (χ2v) is 7.55. The molecule has 0 aliphatic carbocycles. The number of para-hydroxylation sites is 1. The minimum atomic E-state index is -4.45. The molecule has 0 unspecified atom stereocenters. The Balaban J connectivity index is 1.38. The van der Waals surface area contributed by atoms with Crippen molar-refractivity contribution in [1.29, 1.82) is 0 Å². The van der Waals surface area contributed by atoms with E-state index in [9.17, 15) is 13.2 Å². The predicted molar refractivity (Wildman–Crippen MR) is 113 cm³/mol. The molecule has 0 saturated heterocycles. The number of alkyl halides is 3. The number of thioether (sulfide) groups is 1. The zero-order valence-corrected chi connectivity index (χ0v) is 16.9. The van der Waals surface area contributed by atoms with Crippen LogP contribution >= 0.6 is 11.8 Å². The highest BCUT2D eigenvalue weighted by atomic mass is 32.2. The average molecular weight is 439 g/mol. The first kappa shape index (κ1) is 20.9. The summed E-state index contributed by atoms with van der Waals surface area (Å²) in [5.74, 6) is 1.65. The Morgan fingerprint density at radius 3 is 2.19 bits per heavy atom. The van der Waals surface area contributed by atoms with Gasteiger partial charge in [0.1, 0.15) is 11.4 Å². The number of pyridine rings is 3. The van der Waals surface area contributed by atoms with Gasteiger partial charge in [0.2, 0.25) is 5.88 Å². The van der Waals surface area contributed by atoms with Gasteiger partial charge in [0.25, 0.3) is 0 Å². The largest absolute Gasteiger partial charge is 0.439 e. The lowest BCUT2D eigenvalue weighted by Crippen LogP contribution is -2.07. The molecule has 4 nitrogen and oxygen atoms in total. The fourth-order valence-corrected chi connectivity index (χ4v) is 3.55. The van der Waals surface area contributed by atoms with Gasteiger partial charge in [-0.15, -0.1) is 11.8 Å². The summed E-state index contributed by atoms with van der Waals surface area (Å²) in [5.41, 5.74) is 1.64. The second-order valence-electron chi connectivity index (χ2n) is 6.50. The molecule has 1 aromatic carbocycles. The van der Waals surface area contributed by atoms with Gasteiger partial charge < -0.3 is 4.74 Å². The number of nitrogens with zero attached hydrogens (tertiary/aromatic N) is 3. The summed E-state index contributed by atoms with van der Waals surface area (Å²) in [7, 11) is 0. The van der Waals surface area contributed by atoms with E-state index >= 15 is 0 Å². The van der Waals surface area contributed by atoms with Gasteiger partial charge in [0.05, 0.1) is 5.69 Å². The molecule has 0 N–H and O–H groups in total. The van der Waals surface area contributed by atoms with Gasteiger partial charge in [0, 0.05) is 46.4 Å². The van der Waals surface area contributed by atoms with Crippen LogP contribution in [-0.2, 0) is 11.9 Å². The van der Waals surface area contributed by atoms with Crippen molar-refractivity contribution in [2.75, 3.05) is 0 Å². The smallest absolute Gasteiger partial charge is 0.433 e. The van der Waals surface area contributed by atoms with Crippen molar-refractivity contribution in [3.8, 4) is 22.8 Å². The highest BCUT2D eigenvalue weighted by Gasteiger charge is 2.32. The third kappa shape index (κ3) is 5.61. The van der Waals surface area contributed by atoms with E-state index < -0.39 is 11.9 Å². The van der Waals surface area contributed by atoms with E-state index in [0.717, 1.165) is 22.9 Å². The first-order valence-corrected chi connectivity index (χ1v) is 10.3. The molecule has 3 heterocycles. The van der Waals surface area contributed by atoms with Crippen molar-refractivity contribution in [3.05, 3.63) is 96.7 Å². The molecule has 0 spiro atoms. The average Bonchev–Trinajstić information content (AvgIpc) is 2.79. The molecule has 0 atom stereocenters. The van der Waals surface area contributed by atoms with Crippen molar-refractivity contribution in [3.63, 3.8) is 0 Å². The number of benzene rings is 1. The summed E-state index contributed by atoms with van der Waals surface area (Å²) in [4.78, 5) is 12.6. The number of hydrogen-bond donors (Lipinski definition) is 0. The van der Waals surface area contributed by atoms with E-state index in [0.29, 0.717) is 22.3 Å². The van der Waals surface area contributed by atoms with Crippen molar-refractivity contribution in [2.24, 2.45) is 0 Å². The lowest BCUT2D eigenvalue weighted by Gasteiger charge is -2.08. The van der Waals surface area contributed by atoms with Crippen molar-refractivity contribution in [2.45, 2.75) is 16.8 Å². The van der Waals surface area contributed by atoms with Crippen LogP contribution in [0.5, 0.6) is 11.6 Å². The maximum atomic E-state index is 12.8. The Hall–Kier alpha value is -3.39. The molecule has 156 valence electrons. The van der Waals surface area contributed by atoms with Crippen LogP contribution in [0.3, 0.4) is 0 Å². The summed E-state index contributed by atoms with van der Waals surface area (Å²) in [6, 6.07) is 19.4. The van der Waals surface area contributed by atoms with E-state index in [4.69, 9.17) is 4.74 Å². The standard InChI is InChI=1S/C23H16F3N3OS/c24-23(25,26)21-12-20(10-11-27-21)31-15-18-8-6-16(13-28-18)17-7-9-22(29-14-17)30-19-4-2-1-3-5-19/h1-14H,15H2. The maximum absolute atomic E-state index is 12.8. The van der Waals surface area contributed by atoms with Gasteiger partial charge in [-0.25, -0.2) is 4.98 Å². The quantitative estimate of drug-likeness (QED) is 0.315. The van der Waals surface area contributed by atoms with Crippen LogP contribution in [0.4, 0.5) is 13.2 Å². The first-order valence-electron chi connectivity index (χ1n) is 9.28. The number of aromatic nitrogens is 3. The molecule has 8 heteroatoms. The van der Waals surface area contributed by atoms with E-state index in [1.165, 1.54) is 18.0 Å². The topological polar surface area (TPSA) is 47.9 Å². The van der Waals surface area contributed by atoms with E-state index in [1.807, 2.05) is 48.5 Å². The molecular weight excluding hydrogens is 423 g/mol. The maximum Gasteiger partial charge on any atom is 0.433 e. The molecule has 0 saturated carbocycles. The third-order valence-electron chi connectivity index (χ3n) is 4.27. The molecule has 0 aliphatic rings. The lowest BCUT2D eigenvalue weighted by molar-refractivity contribution is -0.141. The zero-order chi connectivity index (χ0) is 21.7. The summed E-state index contributed by atoms with van der Waals surface area (Å²) < 4.78 is 44.0. The Kier molecular flexibility index (Phi) is 6.18. The molecule has 0 bridgehead atoms. The molecular formula is C23H16F3N3OS. The Morgan fingerprint density at radius 2 is 1.55 bits per heavy atom. The van der Waals surface area contributed by atoms with Crippen LogP contribution in [0.2, 0.25) is 0 Å². The fraction of sp³-hybridized carbons (Fsp3) is 0.0870. The predicted octanol–water partition coefficient (Wildman–Crippen LogP) is 6.64. The number of rotatable bonds is 6. The summed E-state index contributed by atoms with van der Waals surface area (Å²) in [6.07, 6.45) is 0.143. The molecule has 0 amide bonds.